The third-order valence-corrected chi connectivity index (χ3v) is 8.00. The molecule has 3 aromatic carbocycles. The molecule has 0 radical (unpaired) electrons. The average Bonchev–Trinajstić information content (AvgIpc) is 3.60. The van der Waals surface area contributed by atoms with E-state index >= 15 is 0 Å². The zero-order valence-electron chi connectivity index (χ0n) is 19.6. The van der Waals surface area contributed by atoms with Gasteiger partial charge in [0.15, 0.2) is 11.4 Å². The Labute approximate surface area is 218 Å². The molecule has 11 nitrogen and oxygen atoms in total. The van der Waals surface area contributed by atoms with Gasteiger partial charge in [-0.05, 0) is 35.4 Å². The second-order valence-electron chi connectivity index (χ2n) is 8.85. The molecule has 200 valence electrons. The number of hydrazine groups is 1. The number of hydrogen-bond donors (Lipinski definition) is 5. The summed E-state index contributed by atoms with van der Waals surface area (Å²) in [6, 6.07) is 14.9. The molecule has 2 aliphatic rings. The van der Waals surface area contributed by atoms with E-state index in [1.54, 1.807) is 30.3 Å². The van der Waals surface area contributed by atoms with Gasteiger partial charge in [0.2, 0.25) is 15.9 Å². The van der Waals surface area contributed by atoms with E-state index in [2.05, 4.69) is 31.0 Å². The van der Waals surface area contributed by atoms with Gasteiger partial charge in [-0.2, -0.15) is 18.6 Å². The Bertz CT molecular complexity index is 1790. The van der Waals surface area contributed by atoms with E-state index in [9.17, 15) is 26.4 Å². The molecular weight excluding hydrogens is 539 g/mol. The first-order valence-corrected chi connectivity index (χ1v) is 12.9. The molecule has 0 saturated carbocycles. The molecule has 1 amide bonds. The molecule has 0 bridgehead atoms. The van der Waals surface area contributed by atoms with E-state index < -0.39 is 33.6 Å². The molecular formula is C24H18F3N7O4S. The quantitative estimate of drug-likeness (QED) is 0.256. The number of anilines is 2. The smallest absolute Gasteiger partial charge is 0.380 e. The minimum absolute atomic E-state index is 0.0881. The van der Waals surface area contributed by atoms with E-state index in [0.717, 1.165) is 12.1 Å². The van der Waals surface area contributed by atoms with Crippen LogP contribution in [0.1, 0.15) is 11.1 Å². The number of benzene rings is 3. The Hall–Kier alpha value is -4.47. The minimum atomic E-state index is -4.95. The molecule has 1 unspecified atom stereocenters. The number of rotatable bonds is 4. The molecule has 1 aromatic heterocycles. The zero-order valence-corrected chi connectivity index (χ0v) is 20.4. The first-order chi connectivity index (χ1) is 18.5. The molecule has 0 spiro atoms. The Balaban J connectivity index is 1.27. The van der Waals surface area contributed by atoms with Gasteiger partial charge in [0.25, 0.3) is 11.6 Å². The highest BCUT2D eigenvalue weighted by atomic mass is 32.2. The first-order valence-electron chi connectivity index (χ1n) is 11.4. The van der Waals surface area contributed by atoms with Crippen molar-refractivity contribution in [3.63, 3.8) is 0 Å². The average molecular weight is 558 g/mol. The van der Waals surface area contributed by atoms with Crippen LogP contribution >= 0.6 is 0 Å². The molecule has 0 fully saturated rings. The number of alkyl halides is 3. The predicted octanol–water partition coefficient (Wildman–Crippen LogP) is 2.73. The van der Waals surface area contributed by atoms with Gasteiger partial charge in [-0.15, -0.1) is 0 Å². The second-order valence-corrected chi connectivity index (χ2v) is 10.6. The molecule has 6 N–H and O–H groups in total. The number of aromatic nitrogens is 1. The lowest BCUT2D eigenvalue weighted by molar-refractivity contribution is -0.197. The van der Waals surface area contributed by atoms with Crippen molar-refractivity contribution in [2.75, 3.05) is 11.1 Å². The van der Waals surface area contributed by atoms with E-state index in [1.807, 2.05) is 0 Å². The van der Waals surface area contributed by atoms with E-state index in [-0.39, 0.29) is 39.5 Å². The number of nitrogens with two attached hydrogens (primary N) is 1. The van der Waals surface area contributed by atoms with Gasteiger partial charge < -0.3 is 15.6 Å². The lowest BCUT2D eigenvalue weighted by Gasteiger charge is -2.28. The normalized spacial score (nSPS) is 19.9. The van der Waals surface area contributed by atoms with Crippen LogP contribution in [-0.2, 0) is 27.0 Å². The molecule has 15 heteroatoms. The maximum Gasteiger partial charge on any atom is 0.433 e. The topological polar surface area (TPSA) is 164 Å². The summed E-state index contributed by atoms with van der Waals surface area (Å²) >= 11 is 0. The number of fused-ring (bicyclic) bond motifs is 2. The van der Waals surface area contributed by atoms with E-state index in [1.165, 1.54) is 18.2 Å². The van der Waals surface area contributed by atoms with Crippen molar-refractivity contribution in [3.8, 4) is 11.1 Å². The van der Waals surface area contributed by atoms with Gasteiger partial charge in [0.1, 0.15) is 0 Å². The number of nitrogens with zero attached hydrogens (tertiary/aromatic N) is 2. The summed E-state index contributed by atoms with van der Waals surface area (Å²) in [4.78, 5) is 16.7. The Morgan fingerprint density at radius 1 is 1.10 bits per heavy atom. The van der Waals surface area contributed by atoms with Crippen LogP contribution in [0.25, 0.3) is 22.1 Å². The Kier molecular flexibility index (Phi) is 5.43. The maximum atomic E-state index is 14.3. The summed E-state index contributed by atoms with van der Waals surface area (Å²) in [5.74, 6) is -1.62. The zero-order chi connectivity index (χ0) is 27.6. The monoisotopic (exact) mass is 557 g/mol. The van der Waals surface area contributed by atoms with Gasteiger partial charge in [-0.3, -0.25) is 10.2 Å². The second kappa shape index (κ2) is 8.52. The van der Waals surface area contributed by atoms with Crippen LogP contribution in [0, 0.1) is 0 Å². The van der Waals surface area contributed by atoms with Gasteiger partial charge in [0.05, 0.1) is 10.3 Å². The summed E-state index contributed by atoms with van der Waals surface area (Å²) in [5, 5.41) is 6.20. The molecule has 3 heterocycles. The van der Waals surface area contributed by atoms with Crippen molar-refractivity contribution in [1.29, 1.82) is 0 Å². The van der Waals surface area contributed by atoms with Crippen molar-refractivity contribution >= 4 is 44.2 Å². The minimum Gasteiger partial charge on any atom is -0.380 e. The van der Waals surface area contributed by atoms with Crippen molar-refractivity contribution in [1.82, 2.24) is 20.7 Å². The number of carbonyl (C=O) groups excluding carboxylic acids is 1. The molecule has 6 rings (SSSR count). The fourth-order valence-electron chi connectivity index (χ4n) is 4.53. The summed E-state index contributed by atoms with van der Waals surface area (Å²) in [6.07, 6.45) is -4.95. The summed E-state index contributed by atoms with van der Waals surface area (Å²) < 4.78 is 75.1. The molecule has 2 aliphatic heterocycles. The number of nitrogen functional groups attached to an aromatic ring is 1. The van der Waals surface area contributed by atoms with Crippen LogP contribution < -0.4 is 26.6 Å². The number of halogens is 3. The number of aliphatic imine (C=N–C) groups is 1. The van der Waals surface area contributed by atoms with E-state index in [4.69, 9.17) is 10.3 Å². The molecule has 39 heavy (non-hydrogen) atoms. The third kappa shape index (κ3) is 3.98. The van der Waals surface area contributed by atoms with Crippen molar-refractivity contribution in [2.45, 2.75) is 23.3 Å². The van der Waals surface area contributed by atoms with Crippen molar-refractivity contribution < 1.29 is 30.9 Å². The lowest BCUT2D eigenvalue weighted by Crippen LogP contribution is -2.53. The van der Waals surface area contributed by atoms with Crippen LogP contribution in [0.2, 0.25) is 0 Å². The summed E-state index contributed by atoms with van der Waals surface area (Å²) in [7, 11) is -3.64. The molecule has 0 saturated heterocycles. The van der Waals surface area contributed by atoms with Gasteiger partial charge in [-0.1, -0.05) is 41.6 Å². The SMILES string of the molecule is Nc1noc2ccc(C3(C(F)(F)F)N=C(C(=O)Nc4ccc(-c5cccc6c5S(=O)(=O)NC6)cc4)NN3)cc12. The van der Waals surface area contributed by atoms with Crippen molar-refractivity contribution in [3.05, 3.63) is 71.8 Å². The number of amides is 1. The highest BCUT2D eigenvalue weighted by molar-refractivity contribution is 7.90. The standard InChI is InChI=1S/C24H18F3N7O4S/c25-24(26,27)23(14-6-9-18-17(10-14)20(28)33-38-18)31-21(32-34-23)22(35)30-15-7-4-12(5-8-15)16-3-1-2-13-11-29-39(36,37)19(13)16/h1-10,29,34H,11H2,(H2,28,33)(H,30,35)(H,31,32). The highest BCUT2D eigenvalue weighted by Gasteiger charge is 2.60. The lowest BCUT2D eigenvalue weighted by atomic mass is 9.98. The van der Waals surface area contributed by atoms with Crippen LogP contribution in [0.3, 0.4) is 0 Å². The van der Waals surface area contributed by atoms with Gasteiger partial charge >= 0.3 is 6.18 Å². The fourth-order valence-corrected chi connectivity index (χ4v) is 5.99. The van der Waals surface area contributed by atoms with Gasteiger partial charge in [-0.25, -0.2) is 18.1 Å². The van der Waals surface area contributed by atoms with Crippen LogP contribution in [0.5, 0.6) is 0 Å². The molecule has 4 aromatic rings. The third-order valence-electron chi connectivity index (χ3n) is 6.45. The Morgan fingerprint density at radius 2 is 1.87 bits per heavy atom. The first kappa shape index (κ1) is 24.8. The predicted molar refractivity (Wildman–Crippen MR) is 134 cm³/mol. The number of carbonyl (C=O) groups is 1. The molecule has 0 aliphatic carbocycles. The van der Waals surface area contributed by atoms with Crippen LogP contribution in [0.4, 0.5) is 24.7 Å². The maximum absolute atomic E-state index is 14.3. The number of hydrogen-bond acceptors (Lipinski definition) is 9. The molecule has 1 atom stereocenters. The number of amidine groups is 1. The fraction of sp³-hybridized carbons (Fsp3) is 0.125. The number of nitrogens with one attached hydrogen (secondary N) is 4. The van der Waals surface area contributed by atoms with Crippen LogP contribution in [-0.4, -0.2) is 31.5 Å². The van der Waals surface area contributed by atoms with E-state index in [0.29, 0.717) is 16.7 Å². The van der Waals surface area contributed by atoms with Gasteiger partial charge in [0, 0.05) is 23.4 Å². The van der Waals surface area contributed by atoms with Crippen LogP contribution in [0.15, 0.2) is 75.1 Å². The highest BCUT2D eigenvalue weighted by Crippen LogP contribution is 2.43. The Morgan fingerprint density at radius 3 is 2.62 bits per heavy atom. The largest absolute Gasteiger partial charge is 0.433 e. The summed E-state index contributed by atoms with van der Waals surface area (Å²) in [6.45, 7) is 0.197. The number of sulfonamides is 1. The summed E-state index contributed by atoms with van der Waals surface area (Å²) in [5.41, 5.74) is 8.85. The van der Waals surface area contributed by atoms with Crippen molar-refractivity contribution in [2.24, 2.45) is 4.99 Å².